The lowest BCUT2D eigenvalue weighted by molar-refractivity contribution is 0.147. The van der Waals surface area contributed by atoms with Crippen molar-refractivity contribution in [3.05, 3.63) is 65.2 Å². The van der Waals surface area contributed by atoms with Crippen molar-refractivity contribution in [3.8, 4) is 0 Å². The maximum absolute atomic E-state index is 13.8. The molecule has 94 valence electrons. The zero-order chi connectivity index (χ0) is 13.1. The number of rotatable bonds is 3. The van der Waals surface area contributed by atoms with Crippen molar-refractivity contribution < 1.29 is 9.50 Å². The molecular formula is C15H16FNO. The molecule has 0 aliphatic rings. The van der Waals surface area contributed by atoms with Crippen molar-refractivity contribution in [2.45, 2.75) is 25.9 Å². The quantitative estimate of drug-likeness (QED) is 0.899. The van der Waals surface area contributed by atoms with Crippen LogP contribution in [0.5, 0.6) is 0 Å². The highest BCUT2D eigenvalue weighted by atomic mass is 19.1. The molecule has 0 fully saturated rings. The minimum absolute atomic E-state index is 0.176. The molecule has 0 radical (unpaired) electrons. The van der Waals surface area contributed by atoms with Crippen molar-refractivity contribution in [1.82, 2.24) is 4.98 Å². The summed E-state index contributed by atoms with van der Waals surface area (Å²) in [4.78, 5) is 3.93. The van der Waals surface area contributed by atoms with Crippen LogP contribution in [-0.2, 0) is 0 Å². The monoisotopic (exact) mass is 245 g/mol. The van der Waals surface area contributed by atoms with Gasteiger partial charge < -0.3 is 5.11 Å². The SMILES string of the molecule is Cc1ccc(C(O)C(C)c2ccncc2)c(F)c1. The van der Waals surface area contributed by atoms with Crippen LogP contribution in [0.2, 0.25) is 0 Å². The molecule has 2 aromatic rings. The Morgan fingerprint density at radius 2 is 1.83 bits per heavy atom. The van der Waals surface area contributed by atoms with Gasteiger partial charge in [-0.25, -0.2) is 4.39 Å². The van der Waals surface area contributed by atoms with Gasteiger partial charge in [0, 0.05) is 23.9 Å². The van der Waals surface area contributed by atoms with Gasteiger partial charge in [-0.15, -0.1) is 0 Å². The minimum Gasteiger partial charge on any atom is -0.388 e. The molecule has 1 N–H and O–H groups in total. The lowest BCUT2D eigenvalue weighted by Crippen LogP contribution is -2.09. The van der Waals surface area contributed by atoms with Crippen LogP contribution >= 0.6 is 0 Å². The van der Waals surface area contributed by atoms with Crippen LogP contribution in [0.4, 0.5) is 4.39 Å². The molecule has 0 amide bonds. The van der Waals surface area contributed by atoms with E-state index in [1.165, 1.54) is 6.07 Å². The number of benzene rings is 1. The van der Waals surface area contributed by atoms with Crippen molar-refractivity contribution in [2.75, 3.05) is 0 Å². The molecule has 0 aliphatic heterocycles. The van der Waals surface area contributed by atoms with E-state index in [0.717, 1.165) is 11.1 Å². The Labute approximate surface area is 106 Å². The fourth-order valence-corrected chi connectivity index (χ4v) is 1.99. The van der Waals surface area contributed by atoms with Gasteiger partial charge in [-0.2, -0.15) is 0 Å². The molecule has 3 heteroatoms. The molecule has 0 saturated heterocycles. The molecular weight excluding hydrogens is 229 g/mol. The lowest BCUT2D eigenvalue weighted by atomic mass is 9.91. The maximum atomic E-state index is 13.8. The molecule has 1 aromatic carbocycles. The molecule has 0 bridgehead atoms. The Morgan fingerprint density at radius 3 is 2.44 bits per heavy atom. The third-order valence-electron chi connectivity index (χ3n) is 3.18. The Balaban J connectivity index is 2.28. The molecule has 0 saturated carbocycles. The number of aliphatic hydroxyl groups is 1. The fraction of sp³-hybridized carbons (Fsp3) is 0.267. The number of aryl methyl sites for hydroxylation is 1. The maximum Gasteiger partial charge on any atom is 0.129 e. The molecule has 2 atom stereocenters. The van der Waals surface area contributed by atoms with Gasteiger partial charge in [0.15, 0.2) is 0 Å². The molecule has 18 heavy (non-hydrogen) atoms. The summed E-state index contributed by atoms with van der Waals surface area (Å²) in [5.74, 6) is -0.534. The van der Waals surface area contributed by atoms with E-state index >= 15 is 0 Å². The van der Waals surface area contributed by atoms with Gasteiger partial charge in [0.1, 0.15) is 5.82 Å². The van der Waals surface area contributed by atoms with Crippen LogP contribution in [0.15, 0.2) is 42.7 Å². The fourth-order valence-electron chi connectivity index (χ4n) is 1.99. The Kier molecular flexibility index (Phi) is 3.72. The second-order valence-electron chi connectivity index (χ2n) is 4.54. The Hall–Kier alpha value is -1.74. The number of halogens is 1. The molecule has 0 spiro atoms. The summed E-state index contributed by atoms with van der Waals surface area (Å²) < 4.78 is 13.8. The second kappa shape index (κ2) is 5.27. The van der Waals surface area contributed by atoms with E-state index in [0.29, 0.717) is 5.56 Å². The summed E-state index contributed by atoms with van der Waals surface area (Å²) in [5.41, 5.74) is 2.13. The number of hydrogen-bond acceptors (Lipinski definition) is 2. The minimum atomic E-state index is -0.854. The summed E-state index contributed by atoms with van der Waals surface area (Å²) in [6, 6.07) is 8.56. The van der Waals surface area contributed by atoms with Crippen molar-refractivity contribution in [3.63, 3.8) is 0 Å². The predicted molar refractivity (Wildman–Crippen MR) is 68.7 cm³/mol. The highest BCUT2D eigenvalue weighted by Crippen LogP contribution is 2.31. The normalized spacial score (nSPS) is 14.2. The van der Waals surface area contributed by atoms with Crippen LogP contribution in [0, 0.1) is 12.7 Å². The van der Waals surface area contributed by atoms with Crippen LogP contribution in [0.25, 0.3) is 0 Å². The summed E-state index contributed by atoms with van der Waals surface area (Å²) >= 11 is 0. The van der Waals surface area contributed by atoms with Crippen LogP contribution in [0.1, 0.15) is 35.6 Å². The topological polar surface area (TPSA) is 33.1 Å². The van der Waals surface area contributed by atoms with Crippen molar-refractivity contribution in [2.24, 2.45) is 0 Å². The van der Waals surface area contributed by atoms with Gasteiger partial charge in [0.2, 0.25) is 0 Å². The number of aromatic nitrogens is 1. The largest absolute Gasteiger partial charge is 0.388 e. The third kappa shape index (κ3) is 2.57. The van der Waals surface area contributed by atoms with Crippen LogP contribution < -0.4 is 0 Å². The molecule has 0 aliphatic carbocycles. The number of hydrogen-bond donors (Lipinski definition) is 1. The predicted octanol–water partition coefficient (Wildman–Crippen LogP) is 3.37. The Morgan fingerprint density at radius 1 is 1.17 bits per heavy atom. The Bertz CT molecular complexity index is 527. The molecule has 2 nitrogen and oxygen atoms in total. The van der Waals surface area contributed by atoms with Crippen molar-refractivity contribution >= 4 is 0 Å². The van der Waals surface area contributed by atoms with E-state index in [4.69, 9.17) is 0 Å². The van der Waals surface area contributed by atoms with Gasteiger partial charge in [0.25, 0.3) is 0 Å². The van der Waals surface area contributed by atoms with Crippen LogP contribution in [0.3, 0.4) is 0 Å². The molecule has 2 unspecified atom stereocenters. The van der Waals surface area contributed by atoms with Gasteiger partial charge in [-0.1, -0.05) is 19.1 Å². The standard InChI is InChI=1S/C15H16FNO/c1-10-3-4-13(14(16)9-10)15(18)11(2)12-5-7-17-8-6-12/h3-9,11,15,18H,1-2H3. The first kappa shape index (κ1) is 12.7. The van der Waals surface area contributed by atoms with Crippen LogP contribution in [-0.4, -0.2) is 10.1 Å². The summed E-state index contributed by atoms with van der Waals surface area (Å²) in [7, 11) is 0. The summed E-state index contributed by atoms with van der Waals surface area (Å²) in [6.07, 6.45) is 2.49. The number of nitrogens with zero attached hydrogens (tertiary/aromatic N) is 1. The van der Waals surface area contributed by atoms with Gasteiger partial charge in [-0.05, 0) is 36.2 Å². The number of aliphatic hydroxyl groups excluding tert-OH is 1. The van der Waals surface area contributed by atoms with E-state index in [-0.39, 0.29) is 11.7 Å². The zero-order valence-corrected chi connectivity index (χ0v) is 10.5. The molecule has 2 rings (SSSR count). The summed E-state index contributed by atoms with van der Waals surface area (Å²) in [6.45, 7) is 3.70. The average Bonchev–Trinajstić information content (AvgIpc) is 2.38. The first-order valence-corrected chi connectivity index (χ1v) is 5.93. The average molecular weight is 245 g/mol. The number of pyridine rings is 1. The van der Waals surface area contributed by atoms with Gasteiger partial charge >= 0.3 is 0 Å². The summed E-state index contributed by atoms with van der Waals surface area (Å²) in [5, 5.41) is 10.3. The van der Waals surface area contributed by atoms with Gasteiger partial charge in [-0.3, -0.25) is 4.98 Å². The molecule has 1 heterocycles. The van der Waals surface area contributed by atoms with E-state index in [1.54, 1.807) is 24.5 Å². The van der Waals surface area contributed by atoms with Gasteiger partial charge in [0.05, 0.1) is 6.10 Å². The van der Waals surface area contributed by atoms with Crippen molar-refractivity contribution in [1.29, 1.82) is 0 Å². The first-order valence-electron chi connectivity index (χ1n) is 5.93. The zero-order valence-electron chi connectivity index (χ0n) is 10.5. The lowest BCUT2D eigenvalue weighted by Gasteiger charge is -2.20. The second-order valence-corrected chi connectivity index (χ2v) is 4.54. The third-order valence-corrected chi connectivity index (χ3v) is 3.18. The van der Waals surface area contributed by atoms with E-state index in [2.05, 4.69) is 4.98 Å². The first-order chi connectivity index (χ1) is 8.59. The van der Waals surface area contributed by atoms with E-state index < -0.39 is 6.10 Å². The molecule has 1 aromatic heterocycles. The highest BCUT2D eigenvalue weighted by molar-refractivity contribution is 5.28. The highest BCUT2D eigenvalue weighted by Gasteiger charge is 2.21. The smallest absolute Gasteiger partial charge is 0.129 e. The van der Waals surface area contributed by atoms with E-state index in [1.807, 2.05) is 26.0 Å². The van der Waals surface area contributed by atoms with E-state index in [9.17, 15) is 9.50 Å².